The van der Waals surface area contributed by atoms with Gasteiger partial charge < -0.3 is 0 Å². The van der Waals surface area contributed by atoms with Crippen molar-refractivity contribution < 1.29 is 8.78 Å². The summed E-state index contributed by atoms with van der Waals surface area (Å²) in [5.74, 6) is -0.504. The van der Waals surface area contributed by atoms with Crippen molar-refractivity contribution in [3.05, 3.63) is 60.2 Å². The number of rotatable bonds is 2. The monoisotopic (exact) mass is 253 g/mol. The molecule has 0 nitrogen and oxygen atoms in total. The lowest BCUT2D eigenvalue weighted by Gasteiger charge is -1.93. The molecule has 0 saturated heterocycles. The first-order valence-electron chi connectivity index (χ1n) is 5.47. The predicted octanol–water partition coefficient (Wildman–Crippen LogP) is 4.22. The summed E-state index contributed by atoms with van der Waals surface area (Å²) in [6.07, 6.45) is 0. The molecule has 0 saturated carbocycles. The van der Waals surface area contributed by atoms with Crippen LogP contribution in [0.25, 0.3) is 0 Å². The van der Waals surface area contributed by atoms with Gasteiger partial charge in [0, 0.05) is 17.8 Å². The molecule has 3 heteroatoms. The summed E-state index contributed by atoms with van der Waals surface area (Å²) in [5, 5.41) is 0. The molecule has 2 aromatic carbocycles. The molecule has 0 aliphatic rings. The zero-order chi connectivity index (χ0) is 12.7. The molecule has 0 fully saturated rings. The van der Waals surface area contributed by atoms with Crippen LogP contribution in [0.4, 0.5) is 8.78 Å². The van der Waals surface area contributed by atoms with Gasteiger partial charge in [-0.1, -0.05) is 19.9 Å². The van der Waals surface area contributed by atoms with Gasteiger partial charge in [0.05, 0.1) is 0 Å². The molecule has 2 rings (SSSR count). The lowest BCUT2D eigenvalue weighted by Crippen LogP contribution is -1.86. The van der Waals surface area contributed by atoms with Crippen LogP contribution >= 0.6 is 0 Å². The van der Waals surface area contributed by atoms with E-state index in [2.05, 4.69) is 0 Å². The van der Waals surface area contributed by atoms with Crippen LogP contribution in [-0.4, -0.2) is 0 Å². The highest BCUT2D eigenvalue weighted by molar-refractivity contribution is 7.78. The van der Waals surface area contributed by atoms with E-state index in [0.29, 0.717) is 0 Å². The van der Waals surface area contributed by atoms with E-state index in [9.17, 15) is 8.78 Å². The third kappa shape index (κ3) is 4.57. The number of hydrogen-bond donors (Lipinski definition) is 0. The Morgan fingerprint density at radius 2 is 1.41 bits per heavy atom. The molecule has 90 valence electrons. The third-order valence-electron chi connectivity index (χ3n) is 1.89. The van der Waals surface area contributed by atoms with Crippen LogP contribution in [0.2, 0.25) is 0 Å². The Balaban J connectivity index is 0.000000686. The van der Waals surface area contributed by atoms with Crippen molar-refractivity contribution in [1.29, 1.82) is 0 Å². The molecule has 0 spiro atoms. The van der Waals surface area contributed by atoms with Gasteiger partial charge in [-0.15, -0.1) is 0 Å². The van der Waals surface area contributed by atoms with Crippen molar-refractivity contribution >= 4 is 11.8 Å². The molecule has 0 aromatic heterocycles. The number of thiol groups is 1. The minimum Gasteiger partial charge on any atom is -0.207 e. The normalized spacial score (nSPS) is 9.41. The van der Waals surface area contributed by atoms with Gasteiger partial charge in [-0.3, -0.25) is 0 Å². The van der Waals surface area contributed by atoms with Gasteiger partial charge in [-0.2, -0.15) is 0 Å². The van der Waals surface area contributed by atoms with Crippen LogP contribution < -0.4 is 0 Å². The summed E-state index contributed by atoms with van der Waals surface area (Å²) in [5.41, 5.74) is 0. The fraction of sp³-hybridized carbons (Fsp3) is 0.143. The maximum Gasteiger partial charge on any atom is 0.161 e. The number of halogens is 2. The van der Waals surface area contributed by atoms with Crippen molar-refractivity contribution in [3.8, 4) is 0 Å². The summed E-state index contributed by atoms with van der Waals surface area (Å²) in [4.78, 5) is 1.81. The van der Waals surface area contributed by atoms with Crippen molar-refractivity contribution in [2.75, 3.05) is 0 Å². The molecule has 17 heavy (non-hydrogen) atoms. The molecular formula is C14H15F2S+. The van der Waals surface area contributed by atoms with Gasteiger partial charge in [0.15, 0.2) is 9.79 Å². The molecule has 0 radical (unpaired) electrons. The summed E-state index contributed by atoms with van der Waals surface area (Å²) in [7, 11) is 0. The van der Waals surface area contributed by atoms with Gasteiger partial charge in [-0.25, -0.2) is 8.78 Å². The van der Waals surface area contributed by atoms with Crippen LogP contribution in [0.1, 0.15) is 13.8 Å². The Morgan fingerprint density at radius 1 is 0.765 bits per heavy atom. The molecule has 2 aromatic rings. The van der Waals surface area contributed by atoms with E-state index < -0.39 is 0 Å². The average Bonchev–Trinajstić information content (AvgIpc) is 2.35. The Kier molecular flexibility index (Phi) is 5.70. The van der Waals surface area contributed by atoms with Crippen LogP contribution in [0, 0.1) is 11.6 Å². The topological polar surface area (TPSA) is 0 Å². The molecular weight excluding hydrogens is 238 g/mol. The van der Waals surface area contributed by atoms with Crippen molar-refractivity contribution in [2.45, 2.75) is 23.6 Å². The lowest BCUT2D eigenvalue weighted by atomic mass is 10.3. The van der Waals surface area contributed by atoms with E-state index in [4.69, 9.17) is 0 Å². The quantitative estimate of drug-likeness (QED) is 0.555. The number of benzene rings is 2. The standard InChI is InChI=1S/C12H8F2S.C2H6/c13-9-4-6-11(7-5-9)15-12-3-1-2-10(14)8-12;1-2/h1-8H;1-2H3/p+1. The molecule has 0 amide bonds. The first-order chi connectivity index (χ1) is 8.24. The van der Waals surface area contributed by atoms with Crippen molar-refractivity contribution in [2.24, 2.45) is 0 Å². The second kappa shape index (κ2) is 7.07. The smallest absolute Gasteiger partial charge is 0.161 e. The fourth-order valence-corrected chi connectivity index (χ4v) is 2.16. The Bertz CT molecular complexity index is 452. The number of hydrogen-bond acceptors (Lipinski definition) is 0. The van der Waals surface area contributed by atoms with Crippen LogP contribution in [0.3, 0.4) is 0 Å². The lowest BCUT2D eigenvalue weighted by molar-refractivity contribution is 0.624. The molecule has 0 bridgehead atoms. The van der Waals surface area contributed by atoms with Gasteiger partial charge in [-0.05, 0) is 36.4 Å². The summed E-state index contributed by atoms with van der Waals surface area (Å²) in [6.45, 7) is 4.00. The van der Waals surface area contributed by atoms with Crippen LogP contribution in [0.5, 0.6) is 0 Å². The first-order valence-corrected chi connectivity index (χ1v) is 6.36. The van der Waals surface area contributed by atoms with E-state index in [-0.39, 0.29) is 11.6 Å². The Morgan fingerprint density at radius 3 is 2.00 bits per heavy atom. The predicted molar refractivity (Wildman–Crippen MR) is 69.4 cm³/mol. The summed E-state index contributed by atoms with van der Waals surface area (Å²) in [6, 6.07) is 12.6. The van der Waals surface area contributed by atoms with Crippen LogP contribution in [-0.2, 0) is 11.8 Å². The maximum atomic E-state index is 12.9. The molecule has 0 aliphatic carbocycles. The van der Waals surface area contributed by atoms with Gasteiger partial charge in [0.2, 0.25) is 0 Å². The minimum atomic E-state index is -0.256. The zero-order valence-corrected chi connectivity index (χ0v) is 10.7. The molecule has 0 atom stereocenters. The Labute approximate surface area is 105 Å². The fourth-order valence-electron chi connectivity index (χ4n) is 1.21. The van der Waals surface area contributed by atoms with E-state index in [1.165, 1.54) is 24.3 Å². The van der Waals surface area contributed by atoms with Gasteiger partial charge >= 0.3 is 0 Å². The summed E-state index contributed by atoms with van der Waals surface area (Å²) < 4.78 is 25.5. The van der Waals surface area contributed by atoms with E-state index >= 15 is 0 Å². The second-order valence-electron chi connectivity index (χ2n) is 3.07. The van der Waals surface area contributed by atoms with E-state index in [1.54, 1.807) is 18.2 Å². The Hall–Kier alpha value is -1.35. The average molecular weight is 253 g/mol. The maximum absolute atomic E-state index is 12.9. The van der Waals surface area contributed by atoms with Crippen LogP contribution in [0.15, 0.2) is 58.3 Å². The molecule has 0 N–H and O–H groups in total. The van der Waals surface area contributed by atoms with E-state index in [1.807, 2.05) is 19.9 Å². The minimum absolute atomic E-state index is 0.248. The van der Waals surface area contributed by atoms with Crippen molar-refractivity contribution in [1.82, 2.24) is 0 Å². The van der Waals surface area contributed by atoms with Crippen molar-refractivity contribution in [3.63, 3.8) is 0 Å². The second-order valence-corrected chi connectivity index (χ2v) is 4.32. The summed E-state index contributed by atoms with van der Waals surface area (Å²) >= 11 is 0.883. The van der Waals surface area contributed by atoms with Gasteiger partial charge in [0.25, 0.3) is 0 Å². The highest BCUT2D eigenvalue weighted by atomic mass is 32.2. The van der Waals surface area contributed by atoms with E-state index in [0.717, 1.165) is 21.6 Å². The molecule has 0 aliphatic heterocycles. The largest absolute Gasteiger partial charge is 0.207 e. The molecule has 0 heterocycles. The SMILES string of the molecule is CC.Fc1ccc([SH+]c2cccc(F)c2)cc1. The highest BCUT2D eigenvalue weighted by Gasteiger charge is 2.07. The van der Waals surface area contributed by atoms with Gasteiger partial charge in [0.1, 0.15) is 11.6 Å². The molecule has 0 unspecified atom stereocenters. The third-order valence-corrected chi connectivity index (χ3v) is 2.99. The zero-order valence-electron chi connectivity index (χ0n) is 9.82. The first kappa shape index (κ1) is 13.7. The highest BCUT2D eigenvalue weighted by Crippen LogP contribution is 2.13.